The topological polar surface area (TPSA) is 137 Å². The summed E-state index contributed by atoms with van der Waals surface area (Å²) in [5.41, 5.74) is 6.85. The van der Waals surface area contributed by atoms with Crippen LogP contribution in [-0.2, 0) is 4.79 Å². The van der Waals surface area contributed by atoms with E-state index in [1.165, 1.54) is 0 Å². The number of rotatable bonds is 7. The van der Waals surface area contributed by atoms with Crippen molar-refractivity contribution in [2.75, 3.05) is 19.8 Å². The second kappa shape index (κ2) is 8.08. The third-order valence-electron chi connectivity index (χ3n) is 2.70. The zero-order chi connectivity index (χ0) is 15.8. The number of ether oxygens (including phenoxy) is 1. The Bertz CT molecular complexity index is 519. The standard InChI is InChI=1S/C13H19N3O5/c1-8-4-10(2-3-11(8)13(14)16-20)21-7-9(18)5-15-12(19)6-17/h2-4,9,17-18,20H,5-7H2,1H3,(H2,14,16)(H,15,19)/t9-/m0/s1. The maximum absolute atomic E-state index is 10.8. The summed E-state index contributed by atoms with van der Waals surface area (Å²) in [7, 11) is 0. The van der Waals surface area contributed by atoms with E-state index in [1.807, 2.05) is 0 Å². The minimum absolute atomic E-state index is 0.00537. The van der Waals surface area contributed by atoms with E-state index < -0.39 is 18.6 Å². The number of nitrogens with two attached hydrogens (primary N) is 1. The van der Waals surface area contributed by atoms with Gasteiger partial charge in [-0.05, 0) is 30.7 Å². The molecule has 21 heavy (non-hydrogen) atoms. The number of aliphatic hydroxyl groups excluding tert-OH is 2. The highest BCUT2D eigenvalue weighted by atomic mass is 16.5. The van der Waals surface area contributed by atoms with Crippen LogP contribution in [0, 0.1) is 6.92 Å². The van der Waals surface area contributed by atoms with E-state index in [4.69, 9.17) is 20.8 Å². The van der Waals surface area contributed by atoms with Gasteiger partial charge in [-0.3, -0.25) is 4.79 Å². The molecule has 0 radical (unpaired) electrons. The minimum Gasteiger partial charge on any atom is -0.491 e. The van der Waals surface area contributed by atoms with Crippen LogP contribution in [0.15, 0.2) is 23.4 Å². The maximum atomic E-state index is 10.8. The Morgan fingerprint density at radius 2 is 2.24 bits per heavy atom. The largest absolute Gasteiger partial charge is 0.491 e. The molecule has 0 saturated heterocycles. The molecule has 0 aliphatic rings. The molecule has 0 bridgehead atoms. The van der Waals surface area contributed by atoms with Crippen LogP contribution in [0.25, 0.3) is 0 Å². The van der Waals surface area contributed by atoms with Gasteiger partial charge in [0.15, 0.2) is 5.84 Å². The fourth-order valence-corrected chi connectivity index (χ4v) is 1.61. The number of carbonyl (C=O) groups is 1. The third kappa shape index (κ3) is 5.28. The van der Waals surface area contributed by atoms with Gasteiger partial charge in [-0.2, -0.15) is 0 Å². The summed E-state index contributed by atoms with van der Waals surface area (Å²) in [4.78, 5) is 10.8. The Morgan fingerprint density at radius 3 is 2.81 bits per heavy atom. The number of nitrogens with zero attached hydrogens (tertiary/aromatic N) is 1. The molecule has 0 aliphatic carbocycles. The van der Waals surface area contributed by atoms with E-state index in [2.05, 4.69) is 10.5 Å². The van der Waals surface area contributed by atoms with Gasteiger partial charge >= 0.3 is 0 Å². The van der Waals surface area contributed by atoms with Crippen molar-refractivity contribution in [1.29, 1.82) is 0 Å². The normalized spacial score (nSPS) is 12.8. The zero-order valence-electron chi connectivity index (χ0n) is 11.6. The highest BCUT2D eigenvalue weighted by Gasteiger charge is 2.09. The number of oxime groups is 1. The lowest BCUT2D eigenvalue weighted by Crippen LogP contribution is -2.36. The number of hydrogen-bond acceptors (Lipinski definition) is 6. The molecule has 1 amide bonds. The summed E-state index contributed by atoms with van der Waals surface area (Å²) in [6.45, 7) is 1.12. The van der Waals surface area contributed by atoms with Crippen LogP contribution in [0.1, 0.15) is 11.1 Å². The van der Waals surface area contributed by atoms with Crippen molar-refractivity contribution in [3.05, 3.63) is 29.3 Å². The van der Waals surface area contributed by atoms with Gasteiger partial charge in [0.1, 0.15) is 25.1 Å². The summed E-state index contributed by atoms with van der Waals surface area (Å²) in [5.74, 6) is -0.0478. The van der Waals surface area contributed by atoms with Gasteiger partial charge in [0.25, 0.3) is 0 Å². The van der Waals surface area contributed by atoms with E-state index >= 15 is 0 Å². The number of amides is 1. The number of aryl methyl sites for hydroxylation is 1. The zero-order valence-corrected chi connectivity index (χ0v) is 11.6. The summed E-state index contributed by atoms with van der Waals surface area (Å²) >= 11 is 0. The Kier molecular flexibility index (Phi) is 6.44. The van der Waals surface area contributed by atoms with Crippen LogP contribution in [0.2, 0.25) is 0 Å². The van der Waals surface area contributed by atoms with Crippen LogP contribution in [-0.4, -0.2) is 53.0 Å². The molecule has 8 nitrogen and oxygen atoms in total. The maximum Gasteiger partial charge on any atom is 0.245 e. The molecule has 0 aliphatic heterocycles. The first kappa shape index (κ1) is 16.7. The Labute approximate surface area is 121 Å². The average molecular weight is 297 g/mol. The van der Waals surface area contributed by atoms with Crippen molar-refractivity contribution >= 4 is 11.7 Å². The molecule has 8 heteroatoms. The van der Waals surface area contributed by atoms with Crippen molar-refractivity contribution in [3.63, 3.8) is 0 Å². The average Bonchev–Trinajstić information content (AvgIpc) is 2.49. The summed E-state index contributed by atoms with van der Waals surface area (Å²) in [6.07, 6.45) is -0.899. The van der Waals surface area contributed by atoms with Crippen molar-refractivity contribution in [3.8, 4) is 5.75 Å². The van der Waals surface area contributed by atoms with Gasteiger partial charge in [-0.15, -0.1) is 0 Å². The molecule has 0 spiro atoms. The number of aliphatic hydroxyl groups is 2. The lowest BCUT2D eigenvalue weighted by molar-refractivity contribution is -0.124. The Balaban J connectivity index is 2.53. The van der Waals surface area contributed by atoms with Gasteiger partial charge in [-0.25, -0.2) is 0 Å². The highest BCUT2D eigenvalue weighted by molar-refractivity contribution is 5.98. The van der Waals surface area contributed by atoms with Gasteiger partial charge < -0.3 is 31.2 Å². The van der Waals surface area contributed by atoms with Crippen LogP contribution in [0.5, 0.6) is 5.75 Å². The molecule has 0 fully saturated rings. The quantitative estimate of drug-likeness (QED) is 0.188. The van der Waals surface area contributed by atoms with Crippen LogP contribution < -0.4 is 15.8 Å². The first-order valence-electron chi connectivity index (χ1n) is 6.25. The van der Waals surface area contributed by atoms with E-state index in [-0.39, 0.29) is 19.0 Å². The smallest absolute Gasteiger partial charge is 0.245 e. The Morgan fingerprint density at radius 1 is 1.52 bits per heavy atom. The molecule has 1 aromatic rings. The number of nitrogens with one attached hydrogen (secondary N) is 1. The lowest BCUT2D eigenvalue weighted by atomic mass is 10.1. The summed E-state index contributed by atoms with van der Waals surface area (Å²) < 4.78 is 5.38. The second-order valence-electron chi connectivity index (χ2n) is 4.39. The van der Waals surface area contributed by atoms with Crippen molar-refractivity contribution in [2.45, 2.75) is 13.0 Å². The van der Waals surface area contributed by atoms with E-state index in [9.17, 15) is 9.90 Å². The van der Waals surface area contributed by atoms with Crippen LogP contribution in [0.3, 0.4) is 0 Å². The molecule has 6 N–H and O–H groups in total. The molecule has 0 heterocycles. The fourth-order valence-electron chi connectivity index (χ4n) is 1.61. The predicted octanol–water partition coefficient (Wildman–Crippen LogP) is -1.06. The van der Waals surface area contributed by atoms with E-state index in [0.717, 1.165) is 5.56 Å². The summed E-state index contributed by atoms with van der Waals surface area (Å²) in [6, 6.07) is 4.95. The number of benzene rings is 1. The van der Waals surface area contributed by atoms with Gasteiger partial charge in [0.05, 0.1) is 0 Å². The number of hydrogen-bond donors (Lipinski definition) is 5. The van der Waals surface area contributed by atoms with E-state index in [1.54, 1.807) is 25.1 Å². The van der Waals surface area contributed by atoms with Crippen molar-refractivity contribution in [1.82, 2.24) is 5.32 Å². The molecule has 0 unspecified atom stereocenters. The lowest BCUT2D eigenvalue weighted by Gasteiger charge is -2.14. The molecule has 1 aromatic carbocycles. The molecule has 1 rings (SSSR count). The number of amidine groups is 1. The first-order valence-corrected chi connectivity index (χ1v) is 6.25. The van der Waals surface area contributed by atoms with Gasteiger partial charge in [0, 0.05) is 12.1 Å². The van der Waals surface area contributed by atoms with Crippen LogP contribution in [0.4, 0.5) is 0 Å². The molecule has 116 valence electrons. The monoisotopic (exact) mass is 297 g/mol. The molecule has 1 atom stereocenters. The highest BCUT2D eigenvalue weighted by Crippen LogP contribution is 2.17. The first-order chi connectivity index (χ1) is 9.97. The summed E-state index contributed by atoms with van der Waals surface area (Å²) in [5, 5.41) is 32.0. The second-order valence-corrected chi connectivity index (χ2v) is 4.39. The predicted molar refractivity (Wildman–Crippen MR) is 75.3 cm³/mol. The van der Waals surface area contributed by atoms with Gasteiger partial charge in [-0.1, -0.05) is 5.16 Å². The van der Waals surface area contributed by atoms with Crippen LogP contribution >= 0.6 is 0 Å². The van der Waals surface area contributed by atoms with Crippen molar-refractivity contribution < 1.29 is 25.0 Å². The molecular weight excluding hydrogens is 278 g/mol. The number of carbonyl (C=O) groups excluding carboxylic acids is 1. The molecule has 0 aromatic heterocycles. The van der Waals surface area contributed by atoms with Crippen molar-refractivity contribution in [2.24, 2.45) is 10.9 Å². The fraction of sp³-hybridized carbons (Fsp3) is 0.385. The third-order valence-corrected chi connectivity index (χ3v) is 2.70. The molecular formula is C13H19N3O5. The Hall–Kier alpha value is -2.32. The SMILES string of the molecule is Cc1cc(OC[C@@H](O)CNC(=O)CO)ccc1C(N)=NO. The molecule has 0 saturated carbocycles. The van der Waals surface area contributed by atoms with Gasteiger partial charge in [0.2, 0.25) is 5.91 Å². The van der Waals surface area contributed by atoms with E-state index in [0.29, 0.717) is 11.3 Å². The minimum atomic E-state index is -0.899.